The maximum absolute atomic E-state index is 10.2. The van der Waals surface area contributed by atoms with Crippen molar-refractivity contribution in [3.8, 4) is 0 Å². The molecule has 0 aliphatic heterocycles. The Bertz CT molecular complexity index is 314. The molecular weight excluding hydrogens is 315 g/mol. The van der Waals surface area contributed by atoms with E-state index < -0.39 is 29.5 Å². The van der Waals surface area contributed by atoms with Crippen molar-refractivity contribution >= 4 is 0 Å². The molecule has 0 aromatic rings. The van der Waals surface area contributed by atoms with Crippen LogP contribution in [0, 0.1) is 45.4 Å². The molecule has 0 aliphatic carbocycles. The van der Waals surface area contributed by atoms with Crippen LogP contribution in [0.2, 0.25) is 0 Å². The molecule has 0 heterocycles. The van der Waals surface area contributed by atoms with Gasteiger partial charge in [0.25, 0.3) is 0 Å². The van der Waals surface area contributed by atoms with Crippen LogP contribution in [0.3, 0.4) is 0 Å². The molecule has 88 valence electrons. The molecule has 0 radical (unpaired) electrons. The summed E-state index contributed by atoms with van der Waals surface area (Å²) in [6.45, 7) is 0. The molecule has 0 amide bonds. The molecule has 0 saturated heterocycles. The van der Waals surface area contributed by atoms with Crippen molar-refractivity contribution in [2.75, 3.05) is 0 Å². The van der Waals surface area contributed by atoms with Crippen LogP contribution in [0.1, 0.15) is 0 Å². The molecular formula is N5O9Ru-. The van der Waals surface area contributed by atoms with Crippen LogP contribution in [-0.2, 0) is 14.8 Å². The Morgan fingerprint density at radius 2 is 0.933 bits per heavy atom. The van der Waals surface area contributed by atoms with Crippen LogP contribution < -0.4 is 0 Å². The quantitative estimate of drug-likeness (QED) is 0.267. The molecule has 15 heavy (non-hydrogen) atoms. The van der Waals surface area contributed by atoms with Gasteiger partial charge >= 0.3 is 78.7 Å². The van der Waals surface area contributed by atoms with Gasteiger partial charge in [0.1, 0.15) is 0 Å². The third-order valence-corrected chi connectivity index (χ3v) is 6.15. The molecule has 0 fully saturated rings. The third-order valence-electron chi connectivity index (χ3n) is 1.04. The minimum absolute atomic E-state index is 1.08. The number of hydrogen-bond acceptors (Lipinski definition) is 10. The molecule has 15 heteroatoms. The molecule has 0 aliphatic rings. The normalized spacial score (nSPS) is 13.2. The predicted octanol–water partition coefficient (Wildman–Crippen LogP) is -0.876. The summed E-state index contributed by atoms with van der Waals surface area (Å²) in [4.78, 5) is 50.6. The van der Waals surface area contributed by atoms with Crippen molar-refractivity contribution in [1.29, 1.82) is 0 Å². The molecule has 0 saturated carbocycles. The second kappa shape index (κ2) is 3.19. The predicted molar refractivity (Wildman–Crippen MR) is 33.8 cm³/mol. The average Bonchev–Trinajstić information content (AvgIpc) is 2.04. The Labute approximate surface area is 79.5 Å². The molecule has 0 aromatic carbocycles. The fraction of sp³-hybridized carbons (Fsp3) is 0. The maximum atomic E-state index is 10.2. The van der Waals surface area contributed by atoms with Crippen molar-refractivity contribution in [2.45, 2.75) is 0 Å². The van der Waals surface area contributed by atoms with Crippen LogP contribution in [0.4, 0.5) is 0 Å². The average molecular weight is 315 g/mol. The van der Waals surface area contributed by atoms with Crippen LogP contribution in [0.5, 0.6) is 0 Å². The van der Waals surface area contributed by atoms with Crippen molar-refractivity contribution in [3.63, 3.8) is 0 Å². The number of nitrogens with zero attached hydrogens (tertiary/aromatic N) is 5. The van der Waals surface area contributed by atoms with Gasteiger partial charge in [-0.1, -0.05) is 0 Å². The van der Waals surface area contributed by atoms with Gasteiger partial charge in [-0.05, 0) is 0 Å². The van der Waals surface area contributed by atoms with E-state index in [9.17, 15) is 45.4 Å². The summed E-state index contributed by atoms with van der Waals surface area (Å²) >= 11 is -8.27. The van der Waals surface area contributed by atoms with Crippen molar-refractivity contribution in [2.24, 2.45) is 3.92 Å². The summed E-state index contributed by atoms with van der Waals surface area (Å²) in [7, 11) is 0. The first kappa shape index (κ1) is 12.8. The second-order valence-electron chi connectivity index (χ2n) is 1.59. The Morgan fingerprint density at radius 3 is 0.933 bits per heavy atom. The third kappa shape index (κ3) is 0.997. The van der Waals surface area contributed by atoms with E-state index in [1.807, 2.05) is 0 Å². The summed E-state index contributed by atoms with van der Waals surface area (Å²) < 4.78 is -8.57. The zero-order chi connectivity index (χ0) is 12.5. The molecule has 0 N–H and O–H groups in total. The molecule has 0 aromatic heterocycles. The summed E-state index contributed by atoms with van der Waals surface area (Å²) in [5.41, 5.74) is 0. The van der Waals surface area contributed by atoms with Gasteiger partial charge < -0.3 is 0 Å². The van der Waals surface area contributed by atoms with Crippen LogP contribution in [-0.4, -0.2) is 14.7 Å². The van der Waals surface area contributed by atoms with Crippen molar-refractivity contribution in [1.82, 2.24) is 0 Å². The zero-order valence-corrected chi connectivity index (χ0v) is 8.00. The summed E-state index contributed by atoms with van der Waals surface area (Å²) in [5.74, 6) is 0. The SMILES string of the molecule is O=[N][Ru-]([N+](=O)[O-])([N+](=O)[O-])([N+](=O)[O-])[N+](=O)[O-]. The standard InChI is InChI=1S/4NO2.NO.Ru/c4*2-1-3;1-2;/q;;;;-1;. The number of hydrogen-bond donors (Lipinski definition) is 0. The van der Waals surface area contributed by atoms with Gasteiger partial charge in [0.05, 0.1) is 0 Å². The van der Waals surface area contributed by atoms with Gasteiger partial charge in [0, 0.05) is 0 Å². The Hall–Kier alpha value is -2.18. The van der Waals surface area contributed by atoms with Gasteiger partial charge in [-0.3, -0.25) is 0 Å². The van der Waals surface area contributed by atoms with Crippen molar-refractivity contribution < 1.29 is 29.5 Å². The minimum atomic E-state index is -8.27. The van der Waals surface area contributed by atoms with E-state index in [1.165, 1.54) is 0 Å². The molecule has 0 atom stereocenters. The van der Waals surface area contributed by atoms with Gasteiger partial charge in [0.15, 0.2) is 0 Å². The van der Waals surface area contributed by atoms with E-state index in [0.29, 0.717) is 0 Å². The Morgan fingerprint density at radius 1 is 0.733 bits per heavy atom. The summed E-state index contributed by atoms with van der Waals surface area (Å²) in [6, 6.07) is 0. The van der Waals surface area contributed by atoms with Gasteiger partial charge in [0.2, 0.25) is 0 Å². The summed E-state index contributed by atoms with van der Waals surface area (Å²) in [6.07, 6.45) is 0. The van der Waals surface area contributed by atoms with E-state index in [4.69, 9.17) is 0 Å². The first-order valence-corrected chi connectivity index (χ1v) is 6.32. The van der Waals surface area contributed by atoms with Crippen molar-refractivity contribution in [3.05, 3.63) is 45.4 Å². The number of nitroso groups, excluding NO2 is 1. The van der Waals surface area contributed by atoms with E-state index in [0.717, 1.165) is 3.92 Å². The molecule has 0 spiro atoms. The first-order chi connectivity index (χ1) is 6.67. The van der Waals surface area contributed by atoms with Gasteiger partial charge in [-0.25, -0.2) is 0 Å². The van der Waals surface area contributed by atoms with Gasteiger partial charge in [-0.2, -0.15) is 0 Å². The molecule has 0 bridgehead atoms. The Kier molecular flexibility index (Phi) is 2.73. The number of nitro groups is 4. The second-order valence-corrected chi connectivity index (χ2v) is 7.92. The van der Waals surface area contributed by atoms with Crippen LogP contribution in [0.15, 0.2) is 3.92 Å². The Balaban J connectivity index is 6.53. The molecule has 0 unspecified atom stereocenters. The van der Waals surface area contributed by atoms with E-state index >= 15 is 0 Å². The van der Waals surface area contributed by atoms with E-state index in [-0.39, 0.29) is 0 Å². The molecule has 14 nitrogen and oxygen atoms in total. The summed E-state index contributed by atoms with van der Waals surface area (Å²) in [5, 5.41) is 40.7. The molecule has 0 rings (SSSR count). The van der Waals surface area contributed by atoms with E-state index in [1.54, 1.807) is 0 Å². The van der Waals surface area contributed by atoms with Crippen LogP contribution >= 0.6 is 0 Å². The number of rotatable bonds is 5. The fourth-order valence-corrected chi connectivity index (χ4v) is 2.23. The van der Waals surface area contributed by atoms with Crippen LogP contribution in [0.25, 0.3) is 0 Å². The van der Waals surface area contributed by atoms with Gasteiger partial charge in [-0.15, -0.1) is 0 Å². The topological polar surface area (TPSA) is 202 Å². The fourth-order valence-electron chi connectivity index (χ4n) is 0.377. The zero-order valence-electron chi connectivity index (χ0n) is 6.26. The monoisotopic (exact) mass is 316 g/mol. The van der Waals surface area contributed by atoms with E-state index in [2.05, 4.69) is 0 Å². The first-order valence-electron chi connectivity index (χ1n) is 2.43.